The average molecular weight is 573 g/mol. The van der Waals surface area contributed by atoms with Gasteiger partial charge in [-0.05, 0) is 54.5 Å². The minimum atomic E-state index is -4.38. The lowest BCUT2D eigenvalue weighted by atomic mass is 9.91. The van der Waals surface area contributed by atoms with E-state index in [1.807, 2.05) is 42.9 Å². The van der Waals surface area contributed by atoms with Gasteiger partial charge in [0, 0.05) is 31.5 Å². The van der Waals surface area contributed by atoms with Gasteiger partial charge in [-0.2, -0.15) is 23.1 Å². The number of amides is 1. The van der Waals surface area contributed by atoms with Crippen molar-refractivity contribution in [2.75, 3.05) is 23.7 Å². The Morgan fingerprint density at radius 2 is 1.61 bits per heavy atom. The molecule has 0 spiro atoms. The van der Waals surface area contributed by atoms with E-state index in [1.54, 1.807) is 6.07 Å². The molecule has 0 bridgehead atoms. The summed E-state index contributed by atoms with van der Waals surface area (Å²) in [4.78, 5) is 21.2. The Morgan fingerprint density at radius 1 is 0.951 bits per heavy atom. The number of carbonyl (C=O) groups excluding carboxylic acids is 1. The van der Waals surface area contributed by atoms with Crippen molar-refractivity contribution in [1.82, 2.24) is 19.9 Å². The molecule has 2 aliphatic carbocycles. The molecule has 41 heavy (non-hydrogen) atoms. The predicted octanol–water partition coefficient (Wildman–Crippen LogP) is 7.45. The van der Waals surface area contributed by atoms with Crippen molar-refractivity contribution >= 4 is 17.7 Å². The van der Waals surface area contributed by atoms with Crippen LogP contribution in [0.2, 0.25) is 0 Å². The van der Waals surface area contributed by atoms with Gasteiger partial charge in [-0.15, -0.1) is 0 Å². The predicted molar refractivity (Wildman–Crippen MR) is 158 cm³/mol. The number of halogens is 3. The number of nitrogens with zero attached hydrogens (tertiary/aromatic N) is 3. The fourth-order valence-corrected chi connectivity index (χ4v) is 4.33. The molecule has 0 saturated heterocycles. The van der Waals surface area contributed by atoms with E-state index in [0.29, 0.717) is 29.1 Å². The second-order valence-corrected chi connectivity index (χ2v) is 10.4. The van der Waals surface area contributed by atoms with E-state index in [2.05, 4.69) is 32.8 Å². The second kappa shape index (κ2) is 16.0. The van der Waals surface area contributed by atoms with Crippen molar-refractivity contribution < 1.29 is 18.0 Å². The molecule has 1 aromatic carbocycles. The van der Waals surface area contributed by atoms with Crippen molar-refractivity contribution in [1.29, 1.82) is 0 Å². The number of benzene rings is 1. The maximum atomic E-state index is 12.6. The smallest absolute Gasteiger partial charge is 0.361 e. The third-order valence-corrected chi connectivity index (χ3v) is 6.92. The van der Waals surface area contributed by atoms with Crippen LogP contribution >= 0.6 is 0 Å². The maximum Gasteiger partial charge on any atom is 0.416 e. The fourth-order valence-electron chi connectivity index (χ4n) is 4.33. The van der Waals surface area contributed by atoms with Gasteiger partial charge < -0.3 is 20.5 Å². The molecule has 0 radical (unpaired) electrons. The lowest BCUT2D eigenvalue weighted by Gasteiger charge is -2.15. The molecule has 5 rings (SSSR count). The van der Waals surface area contributed by atoms with Crippen LogP contribution in [0.1, 0.15) is 76.8 Å². The number of hydrogen-bond donors (Lipinski definition) is 3. The molecular formula is C31H43F3N6O. The van der Waals surface area contributed by atoms with Crippen molar-refractivity contribution in [3.8, 4) is 5.82 Å². The molecule has 2 saturated carbocycles. The molecule has 224 valence electrons. The van der Waals surface area contributed by atoms with Crippen molar-refractivity contribution in [3.63, 3.8) is 0 Å². The number of anilines is 2. The molecule has 2 aromatic heterocycles. The van der Waals surface area contributed by atoms with E-state index in [4.69, 9.17) is 0 Å². The van der Waals surface area contributed by atoms with E-state index in [-0.39, 0.29) is 19.0 Å². The third kappa shape index (κ3) is 11.4. The SMILES string of the molecule is CC.CC1CCCCC1.O=C(CNc1cc(-n2cccc2)nc(NCC2CC2)n1)NCc1ccc(C(F)(F)F)cc1. The van der Waals surface area contributed by atoms with Crippen molar-refractivity contribution in [3.05, 3.63) is 66.0 Å². The Morgan fingerprint density at radius 3 is 2.17 bits per heavy atom. The minimum Gasteiger partial charge on any atom is -0.361 e. The molecule has 7 nitrogen and oxygen atoms in total. The van der Waals surface area contributed by atoms with Crippen LogP contribution in [0, 0.1) is 11.8 Å². The highest BCUT2D eigenvalue weighted by atomic mass is 19.4. The summed E-state index contributed by atoms with van der Waals surface area (Å²) < 4.78 is 39.8. The number of alkyl halides is 3. The molecule has 2 aliphatic rings. The van der Waals surface area contributed by atoms with E-state index in [1.165, 1.54) is 57.1 Å². The Kier molecular flexibility index (Phi) is 12.5. The summed E-state index contributed by atoms with van der Waals surface area (Å²) in [5, 5.41) is 8.92. The lowest BCUT2D eigenvalue weighted by Crippen LogP contribution is -2.29. The van der Waals surface area contributed by atoms with Crippen LogP contribution in [-0.4, -0.2) is 33.5 Å². The second-order valence-electron chi connectivity index (χ2n) is 10.4. The Hall–Kier alpha value is -3.56. The molecule has 1 amide bonds. The molecule has 3 N–H and O–H groups in total. The number of hydrogen-bond acceptors (Lipinski definition) is 5. The van der Waals surface area contributed by atoms with Gasteiger partial charge in [0.25, 0.3) is 0 Å². The number of aromatic nitrogens is 3. The molecule has 0 atom stereocenters. The molecule has 2 heterocycles. The van der Waals surface area contributed by atoms with Crippen LogP contribution in [0.4, 0.5) is 24.9 Å². The van der Waals surface area contributed by atoms with Gasteiger partial charge in [-0.1, -0.05) is 65.0 Å². The van der Waals surface area contributed by atoms with Gasteiger partial charge in [-0.3, -0.25) is 4.79 Å². The fraction of sp³-hybridized carbons (Fsp3) is 0.516. The van der Waals surface area contributed by atoms with Crippen LogP contribution in [0.15, 0.2) is 54.9 Å². The molecule has 3 aromatic rings. The molecular weight excluding hydrogens is 529 g/mol. The number of nitrogens with one attached hydrogen (secondary N) is 3. The zero-order valence-corrected chi connectivity index (χ0v) is 24.3. The highest BCUT2D eigenvalue weighted by molar-refractivity contribution is 5.80. The molecule has 2 fully saturated rings. The summed E-state index contributed by atoms with van der Waals surface area (Å²) in [6, 6.07) is 10.2. The van der Waals surface area contributed by atoms with Gasteiger partial charge >= 0.3 is 6.18 Å². The first kappa shape index (κ1) is 32.0. The summed E-state index contributed by atoms with van der Waals surface area (Å²) in [5.74, 6) is 3.02. The lowest BCUT2D eigenvalue weighted by molar-refractivity contribution is -0.137. The van der Waals surface area contributed by atoms with Crippen LogP contribution in [-0.2, 0) is 17.5 Å². The van der Waals surface area contributed by atoms with Crippen LogP contribution in [0.25, 0.3) is 5.82 Å². The quantitative estimate of drug-likeness (QED) is 0.248. The van der Waals surface area contributed by atoms with E-state index in [9.17, 15) is 18.0 Å². The molecule has 0 unspecified atom stereocenters. The minimum absolute atomic E-state index is 0.0369. The summed E-state index contributed by atoms with van der Waals surface area (Å²) in [5.41, 5.74) is -0.141. The Labute approximate surface area is 241 Å². The van der Waals surface area contributed by atoms with Gasteiger partial charge in [0.2, 0.25) is 11.9 Å². The third-order valence-electron chi connectivity index (χ3n) is 6.92. The number of rotatable bonds is 9. The summed E-state index contributed by atoms with van der Waals surface area (Å²) in [6.07, 6.45) is 9.20. The summed E-state index contributed by atoms with van der Waals surface area (Å²) in [7, 11) is 0. The zero-order valence-electron chi connectivity index (χ0n) is 24.3. The standard InChI is InChI=1S/C22H23F3N6O.C7H14.C2H6/c23-22(24,25)17-7-5-16(6-8-17)12-27-20(32)14-26-18-11-19(31-9-1-2-10-31)30-21(29-18)28-13-15-3-4-15;1-7-5-3-2-4-6-7;1-2/h1-2,5-11,15H,3-4,12-14H2,(H,27,32)(H2,26,28,29,30);7H,2-6H2,1H3;1-2H3. The van der Waals surface area contributed by atoms with Crippen LogP contribution < -0.4 is 16.0 Å². The Bertz CT molecular complexity index is 1170. The van der Waals surface area contributed by atoms with E-state index in [0.717, 1.165) is 24.6 Å². The van der Waals surface area contributed by atoms with Gasteiger partial charge in [0.05, 0.1) is 12.1 Å². The maximum absolute atomic E-state index is 12.6. The van der Waals surface area contributed by atoms with Crippen molar-refractivity contribution in [2.45, 2.75) is 78.4 Å². The summed E-state index contributed by atoms with van der Waals surface area (Å²) in [6.45, 7) is 7.26. The Balaban J connectivity index is 0.000000443. The normalized spacial score (nSPS) is 15.1. The average Bonchev–Trinajstić information content (AvgIpc) is 3.65. The first-order valence-electron chi connectivity index (χ1n) is 14.7. The van der Waals surface area contributed by atoms with E-state index >= 15 is 0 Å². The molecule has 0 aliphatic heterocycles. The highest BCUT2D eigenvalue weighted by Crippen LogP contribution is 2.29. The van der Waals surface area contributed by atoms with Gasteiger partial charge in [0.15, 0.2) is 0 Å². The highest BCUT2D eigenvalue weighted by Gasteiger charge is 2.29. The van der Waals surface area contributed by atoms with Crippen LogP contribution in [0.5, 0.6) is 0 Å². The summed E-state index contributed by atoms with van der Waals surface area (Å²) >= 11 is 0. The van der Waals surface area contributed by atoms with Gasteiger partial charge in [0.1, 0.15) is 11.6 Å². The first-order chi connectivity index (χ1) is 19.8. The van der Waals surface area contributed by atoms with Crippen LogP contribution in [0.3, 0.4) is 0 Å². The first-order valence-corrected chi connectivity index (χ1v) is 14.7. The van der Waals surface area contributed by atoms with Gasteiger partial charge in [-0.25, -0.2) is 0 Å². The largest absolute Gasteiger partial charge is 0.416 e. The zero-order chi connectivity index (χ0) is 29.7. The number of carbonyl (C=O) groups is 1. The van der Waals surface area contributed by atoms with Crippen molar-refractivity contribution in [2.24, 2.45) is 11.8 Å². The topological polar surface area (TPSA) is 83.9 Å². The van der Waals surface area contributed by atoms with E-state index < -0.39 is 11.7 Å². The monoisotopic (exact) mass is 572 g/mol. The molecule has 10 heteroatoms.